The van der Waals surface area contributed by atoms with Crippen LogP contribution in [0, 0.1) is 0 Å². The first-order valence-corrected chi connectivity index (χ1v) is 5.20. The number of ether oxygens (including phenoxy) is 1. The van der Waals surface area contributed by atoms with Crippen LogP contribution in [0.1, 0.15) is 21.5 Å². The Labute approximate surface area is 93.0 Å². The summed E-state index contributed by atoms with van der Waals surface area (Å²) in [5.74, 6) is -0.777. The van der Waals surface area contributed by atoms with Crippen LogP contribution in [0.15, 0.2) is 18.2 Å². The van der Waals surface area contributed by atoms with Crippen LogP contribution in [0.2, 0.25) is 0 Å². The molecule has 1 aromatic rings. The SMILES string of the molecule is COC(=O)c1ccc(CP)c(C(F)(F)F)c1. The molecule has 1 unspecified atom stereocenters. The molecule has 0 N–H and O–H groups in total. The van der Waals surface area contributed by atoms with Gasteiger partial charge in [0.25, 0.3) is 0 Å². The highest BCUT2D eigenvalue weighted by Crippen LogP contribution is 2.33. The van der Waals surface area contributed by atoms with Crippen LogP contribution in [0.4, 0.5) is 13.2 Å². The molecule has 0 fully saturated rings. The maximum absolute atomic E-state index is 12.6. The molecule has 88 valence electrons. The molecule has 0 bridgehead atoms. The molecule has 0 amide bonds. The van der Waals surface area contributed by atoms with Crippen molar-refractivity contribution >= 4 is 15.2 Å². The topological polar surface area (TPSA) is 26.3 Å². The van der Waals surface area contributed by atoms with E-state index < -0.39 is 17.7 Å². The Bertz CT molecular complexity index is 402. The largest absolute Gasteiger partial charge is 0.465 e. The molecular weight excluding hydrogens is 240 g/mol. The number of esters is 1. The van der Waals surface area contributed by atoms with Gasteiger partial charge in [0.05, 0.1) is 18.2 Å². The quantitative estimate of drug-likeness (QED) is 0.596. The predicted octanol–water partition coefficient (Wildman–Crippen LogP) is 2.87. The van der Waals surface area contributed by atoms with Gasteiger partial charge in [-0.15, -0.1) is 9.24 Å². The third kappa shape index (κ3) is 2.73. The minimum Gasteiger partial charge on any atom is -0.465 e. The van der Waals surface area contributed by atoms with Crippen molar-refractivity contribution < 1.29 is 22.7 Å². The number of halogens is 3. The monoisotopic (exact) mass is 250 g/mol. The Morgan fingerprint density at radius 3 is 2.50 bits per heavy atom. The lowest BCUT2D eigenvalue weighted by Crippen LogP contribution is -2.11. The first kappa shape index (κ1) is 13.0. The molecule has 6 heteroatoms. The molecule has 0 aliphatic rings. The van der Waals surface area contributed by atoms with Crippen LogP contribution in [0.3, 0.4) is 0 Å². The molecule has 0 spiro atoms. The number of alkyl halides is 3. The van der Waals surface area contributed by atoms with Crippen molar-refractivity contribution in [3.63, 3.8) is 0 Å². The summed E-state index contributed by atoms with van der Waals surface area (Å²) in [6.45, 7) is 0. The highest BCUT2D eigenvalue weighted by molar-refractivity contribution is 7.15. The highest BCUT2D eigenvalue weighted by atomic mass is 31.0. The van der Waals surface area contributed by atoms with Gasteiger partial charge in [-0.05, 0) is 23.9 Å². The summed E-state index contributed by atoms with van der Waals surface area (Å²) < 4.78 is 42.2. The summed E-state index contributed by atoms with van der Waals surface area (Å²) in [4.78, 5) is 11.1. The van der Waals surface area contributed by atoms with E-state index in [0.717, 1.165) is 13.2 Å². The lowest BCUT2D eigenvalue weighted by atomic mass is 10.0. The maximum atomic E-state index is 12.6. The van der Waals surface area contributed by atoms with Crippen LogP contribution in [-0.2, 0) is 17.1 Å². The number of carbonyl (C=O) groups is 1. The number of benzene rings is 1. The van der Waals surface area contributed by atoms with Gasteiger partial charge in [0.1, 0.15) is 0 Å². The van der Waals surface area contributed by atoms with E-state index in [1.807, 2.05) is 0 Å². The Hall–Kier alpha value is -1.09. The van der Waals surface area contributed by atoms with E-state index in [2.05, 4.69) is 14.0 Å². The van der Waals surface area contributed by atoms with Gasteiger partial charge < -0.3 is 4.74 Å². The van der Waals surface area contributed by atoms with E-state index in [-0.39, 0.29) is 17.3 Å². The number of methoxy groups -OCH3 is 1. The summed E-state index contributed by atoms with van der Waals surface area (Å²) in [6, 6.07) is 3.41. The summed E-state index contributed by atoms with van der Waals surface area (Å²) in [7, 11) is 3.35. The highest BCUT2D eigenvalue weighted by Gasteiger charge is 2.33. The van der Waals surface area contributed by atoms with Crippen LogP contribution < -0.4 is 0 Å². The lowest BCUT2D eigenvalue weighted by molar-refractivity contribution is -0.138. The van der Waals surface area contributed by atoms with Gasteiger partial charge in [-0.3, -0.25) is 0 Å². The Kier molecular flexibility index (Phi) is 3.92. The van der Waals surface area contributed by atoms with E-state index in [0.29, 0.717) is 0 Å². The van der Waals surface area contributed by atoms with Gasteiger partial charge in [-0.25, -0.2) is 4.79 Å². The number of carbonyl (C=O) groups excluding carboxylic acids is 1. The molecule has 0 aliphatic heterocycles. The minimum absolute atomic E-state index is 0.1000. The van der Waals surface area contributed by atoms with Crippen molar-refractivity contribution in [3.8, 4) is 0 Å². The van der Waals surface area contributed by atoms with Gasteiger partial charge >= 0.3 is 12.1 Å². The zero-order valence-corrected chi connectivity index (χ0v) is 9.62. The van der Waals surface area contributed by atoms with E-state index in [1.165, 1.54) is 12.1 Å². The molecule has 0 saturated carbocycles. The zero-order chi connectivity index (χ0) is 12.3. The molecular formula is C10H10F3O2P. The predicted molar refractivity (Wildman–Crippen MR) is 56.2 cm³/mol. The molecule has 1 atom stereocenters. The van der Waals surface area contributed by atoms with Gasteiger partial charge in [0.15, 0.2) is 0 Å². The van der Waals surface area contributed by atoms with Crippen molar-refractivity contribution in [1.29, 1.82) is 0 Å². The molecule has 2 nitrogen and oxygen atoms in total. The Morgan fingerprint density at radius 1 is 1.44 bits per heavy atom. The Balaban J connectivity index is 3.27. The molecule has 0 aromatic heterocycles. The van der Waals surface area contributed by atoms with Gasteiger partial charge in [0, 0.05) is 0 Å². The standard InChI is InChI=1S/C10H10F3O2P/c1-15-9(14)6-2-3-7(5-16)8(4-6)10(11,12)13/h2-4H,5,16H2,1H3. The van der Waals surface area contributed by atoms with Gasteiger partial charge in [-0.2, -0.15) is 13.2 Å². The number of rotatable bonds is 2. The average Bonchev–Trinajstić information content (AvgIpc) is 2.26. The Morgan fingerprint density at radius 2 is 2.06 bits per heavy atom. The summed E-state index contributed by atoms with van der Waals surface area (Å²) in [6.07, 6.45) is -4.29. The van der Waals surface area contributed by atoms with E-state index >= 15 is 0 Å². The van der Waals surface area contributed by atoms with Gasteiger partial charge in [-0.1, -0.05) is 6.07 Å². The average molecular weight is 250 g/mol. The third-order valence-electron chi connectivity index (χ3n) is 2.06. The van der Waals surface area contributed by atoms with E-state index in [1.54, 1.807) is 0 Å². The fourth-order valence-corrected chi connectivity index (χ4v) is 1.62. The second-order valence-corrected chi connectivity index (χ2v) is 3.47. The molecule has 1 rings (SSSR count). The fourth-order valence-electron chi connectivity index (χ4n) is 1.26. The van der Waals surface area contributed by atoms with Crippen molar-refractivity contribution in [2.75, 3.05) is 7.11 Å². The first-order chi connectivity index (χ1) is 7.40. The number of hydrogen-bond donors (Lipinski definition) is 0. The third-order valence-corrected chi connectivity index (χ3v) is 2.50. The van der Waals surface area contributed by atoms with Crippen molar-refractivity contribution in [2.24, 2.45) is 0 Å². The molecule has 16 heavy (non-hydrogen) atoms. The fraction of sp³-hybridized carbons (Fsp3) is 0.300. The smallest absolute Gasteiger partial charge is 0.416 e. The number of hydrogen-bond acceptors (Lipinski definition) is 2. The normalized spacial score (nSPS) is 11.3. The van der Waals surface area contributed by atoms with Crippen molar-refractivity contribution in [3.05, 3.63) is 34.9 Å². The second-order valence-electron chi connectivity index (χ2n) is 3.07. The van der Waals surface area contributed by atoms with Crippen molar-refractivity contribution in [2.45, 2.75) is 12.3 Å². The van der Waals surface area contributed by atoms with E-state index in [4.69, 9.17) is 0 Å². The van der Waals surface area contributed by atoms with Crippen LogP contribution in [0.5, 0.6) is 0 Å². The lowest BCUT2D eigenvalue weighted by Gasteiger charge is -2.12. The second kappa shape index (κ2) is 4.83. The molecule has 1 aromatic carbocycles. The summed E-state index contributed by atoms with van der Waals surface area (Å²) in [5.41, 5.74) is -0.771. The van der Waals surface area contributed by atoms with Crippen LogP contribution in [0.25, 0.3) is 0 Å². The summed E-state index contributed by atoms with van der Waals surface area (Å²) >= 11 is 0. The zero-order valence-electron chi connectivity index (χ0n) is 8.47. The van der Waals surface area contributed by atoms with Crippen LogP contribution in [-0.4, -0.2) is 13.1 Å². The van der Waals surface area contributed by atoms with E-state index in [9.17, 15) is 18.0 Å². The first-order valence-electron chi connectivity index (χ1n) is 4.38. The molecule has 0 radical (unpaired) electrons. The molecule has 0 heterocycles. The molecule has 0 saturated heterocycles. The van der Waals surface area contributed by atoms with Crippen molar-refractivity contribution in [1.82, 2.24) is 0 Å². The van der Waals surface area contributed by atoms with Crippen LogP contribution >= 0.6 is 9.24 Å². The molecule has 0 aliphatic carbocycles. The minimum atomic E-state index is -4.46. The summed E-state index contributed by atoms with van der Waals surface area (Å²) in [5, 5.41) is 0. The van der Waals surface area contributed by atoms with Gasteiger partial charge in [0.2, 0.25) is 0 Å². The maximum Gasteiger partial charge on any atom is 0.416 e.